The summed E-state index contributed by atoms with van der Waals surface area (Å²) in [7, 11) is -3.65. The van der Waals surface area contributed by atoms with Crippen molar-refractivity contribution in [1.82, 2.24) is 0 Å². The topological polar surface area (TPSA) is 92.7 Å². The molecular formula is C12H10BrNO5S2. The third-order valence-corrected chi connectivity index (χ3v) is 6.35. The van der Waals surface area contributed by atoms with Gasteiger partial charge in [0.25, 0.3) is 10.0 Å². The van der Waals surface area contributed by atoms with Crippen molar-refractivity contribution in [2.45, 2.75) is 4.21 Å². The highest BCUT2D eigenvalue weighted by Crippen LogP contribution is 2.29. The molecule has 1 heterocycles. The van der Waals surface area contributed by atoms with Crippen molar-refractivity contribution >= 4 is 48.9 Å². The van der Waals surface area contributed by atoms with Crippen LogP contribution in [0.1, 0.15) is 0 Å². The number of halogens is 1. The number of benzene rings is 1. The number of hydrogen-bond donors (Lipinski definition) is 2. The van der Waals surface area contributed by atoms with E-state index in [1.807, 2.05) is 0 Å². The second-order valence-electron chi connectivity index (χ2n) is 3.87. The van der Waals surface area contributed by atoms with E-state index in [2.05, 4.69) is 20.7 Å². The Labute approximate surface area is 133 Å². The second-order valence-corrected chi connectivity index (χ2v) is 7.52. The SMILES string of the molecule is O=C(O)COc1ccc(NS(=O)(=O)c2sccc2Br)cc1. The minimum absolute atomic E-state index is 0.189. The van der Waals surface area contributed by atoms with Gasteiger partial charge in [0, 0.05) is 10.2 Å². The van der Waals surface area contributed by atoms with E-state index in [0.717, 1.165) is 11.3 Å². The van der Waals surface area contributed by atoms with Crippen molar-refractivity contribution < 1.29 is 23.1 Å². The van der Waals surface area contributed by atoms with Crippen molar-refractivity contribution in [3.8, 4) is 5.75 Å². The molecule has 9 heteroatoms. The molecule has 21 heavy (non-hydrogen) atoms. The molecule has 0 aliphatic rings. The number of carboxylic acids is 1. The fourth-order valence-corrected chi connectivity index (χ4v) is 4.83. The van der Waals surface area contributed by atoms with Crippen LogP contribution in [0.2, 0.25) is 0 Å². The molecule has 112 valence electrons. The molecule has 0 aliphatic heterocycles. The van der Waals surface area contributed by atoms with Crippen LogP contribution in [0.4, 0.5) is 5.69 Å². The zero-order valence-corrected chi connectivity index (χ0v) is 13.7. The Balaban J connectivity index is 2.10. The van der Waals surface area contributed by atoms with E-state index in [1.54, 1.807) is 11.4 Å². The maximum atomic E-state index is 12.1. The first-order valence-corrected chi connectivity index (χ1v) is 8.74. The number of sulfonamides is 1. The van der Waals surface area contributed by atoms with Crippen LogP contribution < -0.4 is 9.46 Å². The largest absolute Gasteiger partial charge is 0.482 e. The summed E-state index contributed by atoms with van der Waals surface area (Å²) in [6.45, 7) is -0.451. The lowest BCUT2D eigenvalue weighted by Crippen LogP contribution is -2.12. The van der Waals surface area contributed by atoms with Crippen LogP contribution in [0.15, 0.2) is 44.4 Å². The van der Waals surface area contributed by atoms with Crippen LogP contribution in [0.25, 0.3) is 0 Å². The van der Waals surface area contributed by atoms with Gasteiger partial charge in [-0.1, -0.05) is 0 Å². The molecule has 0 amide bonds. The van der Waals surface area contributed by atoms with Crippen LogP contribution in [0.3, 0.4) is 0 Å². The fraction of sp³-hybridized carbons (Fsp3) is 0.0833. The number of ether oxygens (including phenoxy) is 1. The Hall–Kier alpha value is -1.58. The first kappa shape index (κ1) is 15.8. The Morgan fingerprint density at radius 2 is 1.95 bits per heavy atom. The number of nitrogens with one attached hydrogen (secondary N) is 1. The molecule has 2 aromatic rings. The number of carboxylic acid groups (broad SMARTS) is 1. The Morgan fingerprint density at radius 3 is 2.48 bits per heavy atom. The minimum atomic E-state index is -3.65. The van der Waals surface area contributed by atoms with E-state index in [0.29, 0.717) is 15.9 Å². The quantitative estimate of drug-likeness (QED) is 0.789. The van der Waals surface area contributed by atoms with Gasteiger partial charge in [-0.3, -0.25) is 4.72 Å². The molecule has 6 nitrogen and oxygen atoms in total. The van der Waals surface area contributed by atoms with E-state index >= 15 is 0 Å². The molecule has 1 aromatic carbocycles. The summed E-state index contributed by atoms with van der Waals surface area (Å²) in [6.07, 6.45) is 0. The number of rotatable bonds is 6. The predicted molar refractivity (Wildman–Crippen MR) is 82.4 cm³/mol. The molecule has 0 saturated heterocycles. The molecule has 0 bridgehead atoms. The van der Waals surface area contributed by atoms with Crippen LogP contribution in [0.5, 0.6) is 5.75 Å². The van der Waals surface area contributed by atoms with Gasteiger partial charge in [0.1, 0.15) is 5.75 Å². The van der Waals surface area contributed by atoms with Gasteiger partial charge in [-0.2, -0.15) is 0 Å². The lowest BCUT2D eigenvalue weighted by atomic mass is 10.3. The molecule has 0 spiro atoms. The molecule has 1 aromatic heterocycles. The van der Waals surface area contributed by atoms with Crippen molar-refractivity contribution in [3.63, 3.8) is 0 Å². The minimum Gasteiger partial charge on any atom is -0.482 e. The number of hydrogen-bond acceptors (Lipinski definition) is 5. The van der Waals surface area contributed by atoms with Crippen LogP contribution in [-0.4, -0.2) is 26.1 Å². The summed E-state index contributed by atoms with van der Waals surface area (Å²) in [4.78, 5) is 10.4. The Bertz CT molecular complexity index is 739. The third-order valence-electron chi connectivity index (χ3n) is 2.30. The number of carbonyl (C=O) groups is 1. The summed E-state index contributed by atoms with van der Waals surface area (Å²) in [5.74, 6) is -0.736. The normalized spacial score (nSPS) is 11.1. The maximum absolute atomic E-state index is 12.1. The van der Waals surface area contributed by atoms with E-state index in [1.165, 1.54) is 24.3 Å². The third kappa shape index (κ3) is 4.19. The highest BCUT2D eigenvalue weighted by Gasteiger charge is 2.19. The molecular weight excluding hydrogens is 382 g/mol. The Morgan fingerprint density at radius 1 is 1.29 bits per heavy atom. The molecule has 0 atom stereocenters. The highest BCUT2D eigenvalue weighted by molar-refractivity contribution is 9.10. The second kappa shape index (κ2) is 6.46. The van der Waals surface area contributed by atoms with Crippen LogP contribution in [0, 0.1) is 0 Å². The van der Waals surface area contributed by atoms with Crippen LogP contribution in [-0.2, 0) is 14.8 Å². The molecule has 0 unspecified atom stereocenters. The molecule has 0 radical (unpaired) electrons. The van der Waals surface area contributed by atoms with E-state index in [-0.39, 0.29) is 4.21 Å². The number of anilines is 1. The van der Waals surface area contributed by atoms with Crippen LogP contribution >= 0.6 is 27.3 Å². The van der Waals surface area contributed by atoms with Gasteiger partial charge in [0.2, 0.25) is 0 Å². The lowest BCUT2D eigenvalue weighted by Gasteiger charge is -2.08. The molecule has 0 saturated carbocycles. The van der Waals surface area contributed by atoms with Crippen molar-refractivity contribution in [1.29, 1.82) is 0 Å². The average molecular weight is 392 g/mol. The van der Waals surface area contributed by atoms with E-state index in [4.69, 9.17) is 9.84 Å². The molecule has 0 aliphatic carbocycles. The number of thiophene rings is 1. The van der Waals surface area contributed by atoms with Gasteiger partial charge in [0.15, 0.2) is 10.8 Å². The van der Waals surface area contributed by atoms with Gasteiger partial charge in [0.05, 0.1) is 0 Å². The van der Waals surface area contributed by atoms with Crippen molar-refractivity contribution in [2.24, 2.45) is 0 Å². The first-order chi connectivity index (χ1) is 9.88. The van der Waals surface area contributed by atoms with Gasteiger partial charge in [-0.05, 0) is 51.6 Å². The molecule has 0 fully saturated rings. The maximum Gasteiger partial charge on any atom is 0.341 e. The highest BCUT2D eigenvalue weighted by atomic mass is 79.9. The standard InChI is InChI=1S/C12H10BrNO5S2/c13-10-5-6-20-12(10)21(17,18)14-8-1-3-9(4-2-8)19-7-11(15)16/h1-6,14H,7H2,(H,15,16). The summed E-state index contributed by atoms with van der Waals surface area (Å²) >= 11 is 4.28. The van der Waals surface area contributed by atoms with Gasteiger partial charge in [-0.25, -0.2) is 13.2 Å². The van der Waals surface area contributed by atoms with E-state index in [9.17, 15) is 13.2 Å². The monoisotopic (exact) mass is 391 g/mol. The summed E-state index contributed by atoms with van der Waals surface area (Å²) in [6, 6.07) is 7.63. The summed E-state index contributed by atoms with van der Waals surface area (Å²) in [5.41, 5.74) is 0.359. The van der Waals surface area contributed by atoms with E-state index < -0.39 is 22.6 Å². The number of aliphatic carboxylic acids is 1. The average Bonchev–Trinajstić information content (AvgIpc) is 2.84. The Kier molecular flexibility index (Phi) is 4.86. The summed E-state index contributed by atoms with van der Waals surface area (Å²) < 4.78 is 32.4. The van der Waals surface area contributed by atoms with Crippen molar-refractivity contribution in [2.75, 3.05) is 11.3 Å². The zero-order valence-electron chi connectivity index (χ0n) is 10.4. The van der Waals surface area contributed by atoms with Gasteiger partial charge < -0.3 is 9.84 Å². The van der Waals surface area contributed by atoms with Gasteiger partial charge in [-0.15, -0.1) is 11.3 Å². The predicted octanol–water partition coefficient (Wildman–Crippen LogP) is 2.77. The van der Waals surface area contributed by atoms with Crippen molar-refractivity contribution in [3.05, 3.63) is 40.2 Å². The lowest BCUT2D eigenvalue weighted by molar-refractivity contribution is -0.139. The van der Waals surface area contributed by atoms with Gasteiger partial charge >= 0.3 is 5.97 Å². The summed E-state index contributed by atoms with van der Waals surface area (Å²) in [5, 5.41) is 10.2. The fourth-order valence-electron chi connectivity index (χ4n) is 1.44. The smallest absolute Gasteiger partial charge is 0.341 e. The zero-order chi connectivity index (χ0) is 15.5. The molecule has 2 rings (SSSR count). The molecule has 2 N–H and O–H groups in total. The first-order valence-electron chi connectivity index (χ1n) is 5.59.